The second-order valence-corrected chi connectivity index (χ2v) is 4.29. The van der Waals surface area contributed by atoms with Crippen LogP contribution in [0.5, 0.6) is 0 Å². The Balaban J connectivity index is 2.06. The summed E-state index contributed by atoms with van der Waals surface area (Å²) < 4.78 is 1.91. The number of nitrogens with zero attached hydrogens (tertiary/aromatic N) is 3. The molecule has 1 aromatic carbocycles. The lowest BCUT2D eigenvalue weighted by Crippen LogP contribution is -2.28. The van der Waals surface area contributed by atoms with E-state index in [0.717, 1.165) is 25.3 Å². The van der Waals surface area contributed by atoms with Gasteiger partial charge in [-0.2, -0.15) is 5.10 Å². The first kappa shape index (κ1) is 12.8. The first-order valence-electron chi connectivity index (χ1n) is 6.35. The average molecular weight is 244 g/mol. The Kier molecular flexibility index (Phi) is 4.50. The lowest BCUT2D eigenvalue weighted by molar-refractivity contribution is 0.288. The van der Waals surface area contributed by atoms with Crippen molar-refractivity contribution < 1.29 is 0 Å². The number of hydrogen-bond acceptors (Lipinski definition) is 3. The van der Waals surface area contributed by atoms with Crippen LogP contribution >= 0.6 is 0 Å². The van der Waals surface area contributed by atoms with Crippen LogP contribution < -0.4 is 5.73 Å². The van der Waals surface area contributed by atoms with Gasteiger partial charge in [-0.1, -0.05) is 25.1 Å². The van der Waals surface area contributed by atoms with Crippen LogP contribution in [0.4, 0.5) is 0 Å². The predicted octanol–water partition coefficient (Wildman–Crippen LogP) is 1.65. The molecule has 0 unspecified atom stereocenters. The second-order valence-electron chi connectivity index (χ2n) is 4.29. The van der Waals surface area contributed by atoms with Gasteiger partial charge in [-0.3, -0.25) is 4.90 Å². The molecular formula is C14H20N4. The molecule has 0 amide bonds. The third-order valence-corrected chi connectivity index (χ3v) is 2.96. The molecule has 0 fully saturated rings. The van der Waals surface area contributed by atoms with Crippen molar-refractivity contribution in [3.8, 4) is 5.69 Å². The minimum Gasteiger partial charge on any atom is -0.329 e. The van der Waals surface area contributed by atoms with E-state index in [2.05, 4.69) is 23.1 Å². The van der Waals surface area contributed by atoms with Gasteiger partial charge < -0.3 is 5.73 Å². The number of benzene rings is 1. The predicted molar refractivity (Wildman–Crippen MR) is 73.6 cm³/mol. The van der Waals surface area contributed by atoms with Crippen LogP contribution in [0.3, 0.4) is 0 Å². The number of rotatable bonds is 6. The largest absolute Gasteiger partial charge is 0.329 e. The molecule has 0 spiro atoms. The van der Waals surface area contributed by atoms with Crippen LogP contribution in [0.2, 0.25) is 0 Å². The fourth-order valence-electron chi connectivity index (χ4n) is 1.95. The van der Waals surface area contributed by atoms with Crippen molar-refractivity contribution in [2.24, 2.45) is 5.73 Å². The third-order valence-electron chi connectivity index (χ3n) is 2.96. The zero-order valence-corrected chi connectivity index (χ0v) is 10.8. The van der Waals surface area contributed by atoms with Crippen LogP contribution in [0.15, 0.2) is 42.7 Å². The summed E-state index contributed by atoms with van der Waals surface area (Å²) in [7, 11) is 0. The lowest BCUT2D eigenvalue weighted by Gasteiger charge is -2.17. The summed E-state index contributed by atoms with van der Waals surface area (Å²) in [4.78, 5) is 2.31. The molecule has 0 aliphatic carbocycles. The normalized spacial score (nSPS) is 11.1. The maximum Gasteiger partial charge on any atom is 0.0645 e. The Hall–Kier alpha value is -1.65. The van der Waals surface area contributed by atoms with Crippen LogP contribution in [-0.2, 0) is 6.54 Å². The Morgan fingerprint density at radius 2 is 2.06 bits per heavy atom. The van der Waals surface area contributed by atoms with Crippen molar-refractivity contribution in [3.05, 3.63) is 48.3 Å². The molecule has 0 aliphatic heterocycles. The Bertz CT molecular complexity index is 464. The highest BCUT2D eigenvalue weighted by Gasteiger charge is 2.05. The van der Waals surface area contributed by atoms with Gasteiger partial charge in [0.2, 0.25) is 0 Å². The standard InChI is InChI=1S/C14H20N4/c1-2-17(9-8-15)11-13-10-16-18(12-13)14-6-4-3-5-7-14/h3-7,10,12H,2,8-9,11,15H2,1H3. The van der Waals surface area contributed by atoms with Gasteiger partial charge in [-0.05, 0) is 18.7 Å². The summed E-state index contributed by atoms with van der Waals surface area (Å²) in [6.45, 7) is 5.68. The number of aromatic nitrogens is 2. The topological polar surface area (TPSA) is 47.1 Å². The smallest absolute Gasteiger partial charge is 0.0645 e. The van der Waals surface area contributed by atoms with Gasteiger partial charge >= 0.3 is 0 Å². The number of para-hydroxylation sites is 1. The van der Waals surface area contributed by atoms with Crippen LogP contribution in [0.1, 0.15) is 12.5 Å². The van der Waals surface area contributed by atoms with Gasteiger partial charge in [0.15, 0.2) is 0 Å². The van der Waals surface area contributed by atoms with Crippen molar-refractivity contribution in [2.45, 2.75) is 13.5 Å². The molecule has 96 valence electrons. The monoisotopic (exact) mass is 244 g/mol. The molecule has 4 nitrogen and oxygen atoms in total. The van der Waals surface area contributed by atoms with Crippen molar-refractivity contribution in [3.63, 3.8) is 0 Å². The van der Waals surface area contributed by atoms with Gasteiger partial charge in [0, 0.05) is 31.4 Å². The van der Waals surface area contributed by atoms with Crippen molar-refractivity contribution in [2.75, 3.05) is 19.6 Å². The molecule has 18 heavy (non-hydrogen) atoms. The number of nitrogens with two attached hydrogens (primary N) is 1. The van der Waals surface area contributed by atoms with Crippen molar-refractivity contribution in [1.82, 2.24) is 14.7 Å². The lowest BCUT2D eigenvalue weighted by atomic mass is 10.3. The Morgan fingerprint density at radius 1 is 1.28 bits per heavy atom. The molecule has 0 radical (unpaired) electrons. The molecule has 2 rings (SSSR count). The van der Waals surface area contributed by atoms with E-state index in [1.807, 2.05) is 41.2 Å². The highest BCUT2D eigenvalue weighted by atomic mass is 15.3. The minimum atomic E-state index is 0.695. The summed E-state index contributed by atoms with van der Waals surface area (Å²) in [6.07, 6.45) is 4.00. The van der Waals surface area contributed by atoms with E-state index in [1.54, 1.807) is 0 Å². The summed E-state index contributed by atoms with van der Waals surface area (Å²) in [5.41, 5.74) is 7.90. The fraction of sp³-hybridized carbons (Fsp3) is 0.357. The van der Waals surface area contributed by atoms with E-state index in [9.17, 15) is 0 Å². The zero-order chi connectivity index (χ0) is 12.8. The van der Waals surface area contributed by atoms with Gasteiger partial charge in [0.05, 0.1) is 11.9 Å². The van der Waals surface area contributed by atoms with Crippen molar-refractivity contribution >= 4 is 0 Å². The van der Waals surface area contributed by atoms with E-state index in [0.29, 0.717) is 6.54 Å². The van der Waals surface area contributed by atoms with Crippen molar-refractivity contribution in [1.29, 1.82) is 0 Å². The molecule has 2 aromatic rings. The molecule has 0 bridgehead atoms. The summed E-state index contributed by atoms with van der Waals surface area (Å²) in [6, 6.07) is 10.1. The summed E-state index contributed by atoms with van der Waals surface area (Å²) >= 11 is 0. The molecule has 1 heterocycles. The van der Waals surface area contributed by atoms with E-state index in [1.165, 1.54) is 5.56 Å². The maximum atomic E-state index is 5.59. The molecule has 1 aromatic heterocycles. The molecule has 0 aliphatic rings. The molecule has 2 N–H and O–H groups in total. The molecular weight excluding hydrogens is 224 g/mol. The highest BCUT2D eigenvalue weighted by molar-refractivity contribution is 5.30. The quantitative estimate of drug-likeness (QED) is 0.840. The van der Waals surface area contributed by atoms with Crippen LogP contribution in [-0.4, -0.2) is 34.3 Å². The van der Waals surface area contributed by atoms with E-state index >= 15 is 0 Å². The average Bonchev–Trinajstić information content (AvgIpc) is 2.88. The first-order chi connectivity index (χ1) is 8.83. The summed E-state index contributed by atoms with van der Waals surface area (Å²) in [5, 5.41) is 4.39. The number of hydrogen-bond donors (Lipinski definition) is 1. The van der Waals surface area contributed by atoms with E-state index < -0.39 is 0 Å². The first-order valence-corrected chi connectivity index (χ1v) is 6.35. The van der Waals surface area contributed by atoms with Gasteiger partial charge in [0.25, 0.3) is 0 Å². The van der Waals surface area contributed by atoms with E-state index in [4.69, 9.17) is 5.73 Å². The van der Waals surface area contributed by atoms with Gasteiger partial charge in [-0.25, -0.2) is 4.68 Å². The fourth-order valence-corrected chi connectivity index (χ4v) is 1.95. The maximum absolute atomic E-state index is 5.59. The Labute approximate surface area is 108 Å². The van der Waals surface area contributed by atoms with Crippen LogP contribution in [0.25, 0.3) is 5.69 Å². The Morgan fingerprint density at radius 3 is 2.72 bits per heavy atom. The minimum absolute atomic E-state index is 0.695. The SMILES string of the molecule is CCN(CCN)Cc1cnn(-c2ccccc2)c1. The second kappa shape index (κ2) is 6.33. The van der Waals surface area contributed by atoms with E-state index in [-0.39, 0.29) is 0 Å². The summed E-state index contributed by atoms with van der Waals surface area (Å²) in [5.74, 6) is 0. The molecule has 0 saturated carbocycles. The third kappa shape index (κ3) is 3.18. The van der Waals surface area contributed by atoms with Gasteiger partial charge in [-0.15, -0.1) is 0 Å². The molecule has 4 heteroatoms. The van der Waals surface area contributed by atoms with Gasteiger partial charge in [0.1, 0.15) is 0 Å². The zero-order valence-electron chi connectivity index (χ0n) is 10.8. The van der Waals surface area contributed by atoms with Crippen LogP contribution in [0, 0.1) is 0 Å². The number of likely N-dealkylation sites (N-methyl/N-ethyl adjacent to an activating group) is 1. The molecule has 0 saturated heterocycles. The molecule has 0 atom stereocenters. The highest BCUT2D eigenvalue weighted by Crippen LogP contribution is 2.09.